The molecule has 116 valence electrons. The van der Waals surface area contributed by atoms with Crippen LogP contribution in [-0.4, -0.2) is 17.5 Å². The minimum absolute atomic E-state index is 0.0297. The minimum Gasteiger partial charge on any atom is -0.454 e. The Morgan fingerprint density at radius 2 is 1.83 bits per heavy atom. The van der Waals surface area contributed by atoms with Gasteiger partial charge in [0, 0.05) is 5.56 Å². The third kappa shape index (κ3) is 3.06. The van der Waals surface area contributed by atoms with Gasteiger partial charge in [0.25, 0.3) is 5.69 Å². The summed E-state index contributed by atoms with van der Waals surface area (Å²) in [5.74, 6) is 0.536. The van der Waals surface area contributed by atoms with E-state index in [1.54, 1.807) is 12.1 Å². The van der Waals surface area contributed by atoms with Gasteiger partial charge in [-0.05, 0) is 25.1 Å². The number of nitro benzene ring substituents is 1. The molecule has 0 aliphatic carbocycles. The van der Waals surface area contributed by atoms with Crippen molar-refractivity contribution in [2.75, 3.05) is 6.79 Å². The van der Waals surface area contributed by atoms with Crippen LogP contribution in [0.15, 0.2) is 42.5 Å². The van der Waals surface area contributed by atoms with Crippen molar-refractivity contribution in [2.45, 2.75) is 6.92 Å². The molecule has 6 nitrogen and oxygen atoms in total. The van der Waals surface area contributed by atoms with E-state index in [1.807, 2.05) is 19.1 Å². The monoisotopic (exact) mass is 311 g/mol. The third-order valence-electron chi connectivity index (χ3n) is 3.47. The average molecular weight is 311 g/mol. The van der Waals surface area contributed by atoms with Crippen LogP contribution < -0.4 is 9.47 Å². The Labute approximate surface area is 132 Å². The van der Waals surface area contributed by atoms with Crippen LogP contribution in [0.25, 0.3) is 6.08 Å². The number of rotatable bonds is 4. The van der Waals surface area contributed by atoms with Gasteiger partial charge in [-0.1, -0.05) is 29.8 Å². The van der Waals surface area contributed by atoms with Crippen molar-refractivity contribution in [3.8, 4) is 11.5 Å². The summed E-state index contributed by atoms with van der Waals surface area (Å²) in [7, 11) is 0. The molecule has 2 aromatic rings. The summed E-state index contributed by atoms with van der Waals surface area (Å²) in [6.45, 7) is 1.96. The summed E-state index contributed by atoms with van der Waals surface area (Å²) in [5, 5.41) is 11.2. The summed E-state index contributed by atoms with van der Waals surface area (Å²) in [6.07, 6.45) is 2.73. The van der Waals surface area contributed by atoms with Gasteiger partial charge in [-0.3, -0.25) is 14.9 Å². The fourth-order valence-electron chi connectivity index (χ4n) is 2.22. The van der Waals surface area contributed by atoms with Crippen LogP contribution in [0.3, 0.4) is 0 Å². The normalized spacial score (nSPS) is 12.6. The third-order valence-corrected chi connectivity index (χ3v) is 3.47. The number of aryl methyl sites for hydroxylation is 1. The highest BCUT2D eigenvalue weighted by atomic mass is 16.7. The largest absolute Gasteiger partial charge is 0.454 e. The lowest BCUT2D eigenvalue weighted by atomic mass is 10.1. The van der Waals surface area contributed by atoms with Crippen molar-refractivity contribution in [1.82, 2.24) is 0 Å². The zero-order valence-electron chi connectivity index (χ0n) is 12.3. The number of ketones is 1. The molecule has 6 heteroatoms. The second kappa shape index (κ2) is 5.92. The fraction of sp³-hybridized carbons (Fsp3) is 0.118. The van der Waals surface area contributed by atoms with Gasteiger partial charge in [-0.2, -0.15) is 0 Å². The number of hydrogen-bond donors (Lipinski definition) is 0. The number of benzene rings is 2. The van der Waals surface area contributed by atoms with Crippen LogP contribution in [0, 0.1) is 17.0 Å². The Morgan fingerprint density at radius 1 is 1.17 bits per heavy atom. The standard InChI is InChI=1S/C17H13NO5/c1-11-2-4-12(5-3-11)15(19)7-6-13-8-16-17(23-10-22-16)9-14(13)18(20)21/h2-9H,10H2,1H3/b7-6+. The quantitative estimate of drug-likeness (QED) is 0.373. The van der Waals surface area contributed by atoms with E-state index in [-0.39, 0.29) is 18.3 Å². The van der Waals surface area contributed by atoms with Crippen molar-refractivity contribution in [3.63, 3.8) is 0 Å². The maximum atomic E-state index is 12.1. The number of allylic oxidation sites excluding steroid dienone is 1. The SMILES string of the molecule is Cc1ccc(C(=O)/C=C/c2cc3c(cc2[N+](=O)[O-])OCO3)cc1. The Bertz CT molecular complexity index is 808. The maximum Gasteiger partial charge on any atom is 0.280 e. The van der Waals surface area contributed by atoms with Crippen molar-refractivity contribution < 1.29 is 19.2 Å². The Kier molecular flexibility index (Phi) is 3.80. The molecule has 1 aliphatic rings. The predicted octanol–water partition coefficient (Wildman–Crippen LogP) is 3.53. The van der Waals surface area contributed by atoms with Crippen LogP contribution in [-0.2, 0) is 0 Å². The molecule has 0 N–H and O–H groups in total. The second-order valence-corrected chi connectivity index (χ2v) is 5.09. The zero-order chi connectivity index (χ0) is 16.4. The maximum absolute atomic E-state index is 12.1. The lowest BCUT2D eigenvalue weighted by Gasteiger charge is -2.01. The van der Waals surface area contributed by atoms with Gasteiger partial charge in [0.15, 0.2) is 17.3 Å². The number of nitro groups is 1. The van der Waals surface area contributed by atoms with Gasteiger partial charge in [-0.25, -0.2) is 0 Å². The van der Waals surface area contributed by atoms with Gasteiger partial charge < -0.3 is 9.47 Å². The Balaban J connectivity index is 1.91. The number of carbonyl (C=O) groups is 1. The van der Waals surface area contributed by atoms with E-state index >= 15 is 0 Å². The summed E-state index contributed by atoms with van der Waals surface area (Å²) in [6, 6.07) is 9.91. The van der Waals surface area contributed by atoms with E-state index in [9.17, 15) is 14.9 Å². The van der Waals surface area contributed by atoms with E-state index in [2.05, 4.69) is 0 Å². The zero-order valence-corrected chi connectivity index (χ0v) is 12.3. The van der Waals surface area contributed by atoms with Crippen molar-refractivity contribution in [1.29, 1.82) is 0 Å². The molecule has 0 saturated carbocycles. The second-order valence-electron chi connectivity index (χ2n) is 5.09. The first-order valence-corrected chi connectivity index (χ1v) is 6.92. The number of ether oxygens (including phenoxy) is 2. The molecule has 0 atom stereocenters. The first kappa shape index (κ1) is 14.8. The molecule has 0 spiro atoms. The van der Waals surface area contributed by atoms with Crippen LogP contribution >= 0.6 is 0 Å². The van der Waals surface area contributed by atoms with Crippen molar-refractivity contribution >= 4 is 17.5 Å². The van der Waals surface area contributed by atoms with Crippen molar-refractivity contribution in [3.05, 3.63) is 69.3 Å². The molecule has 0 amide bonds. The highest BCUT2D eigenvalue weighted by molar-refractivity contribution is 6.07. The average Bonchev–Trinajstić information content (AvgIpc) is 2.99. The van der Waals surface area contributed by atoms with Crippen LogP contribution in [0.5, 0.6) is 11.5 Å². The summed E-state index contributed by atoms with van der Waals surface area (Å²) in [5.41, 5.74) is 1.73. The topological polar surface area (TPSA) is 78.7 Å². The Morgan fingerprint density at radius 3 is 2.48 bits per heavy atom. The first-order chi connectivity index (χ1) is 11.0. The minimum atomic E-state index is -0.516. The number of nitrogens with zero attached hydrogens (tertiary/aromatic N) is 1. The highest BCUT2D eigenvalue weighted by Gasteiger charge is 2.22. The molecule has 1 heterocycles. The molecule has 2 aromatic carbocycles. The van der Waals surface area contributed by atoms with Gasteiger partial charge in [-0.15, -0.1) is 0 Å². The summed E-state index contributed by atoms with van der Waals surface area (Å²) >= 11 is 0. The number of hydrogen-bond acceptors (Lipinski definition) is 5. The van der Waals surface area contributed by atoms with Gasteiger partial charge in [0.1, 0.15) is 0 Å². The van der Waals surface area contributed by atoms with Gasteiger partial charge >= 0.3 is 0 Å². The van der Waals surface area contributed by atoms with E-state index in [0.29, 0.717) is 22.6 Å². The molecule has 0 unspecified atom stereocenters. The van der Waals surface area contributed by atoms with E-state index in [1.165, 1.54) is 24.3 Å². The summed E-state index contributed by atoms with van der Waals surface area (Å²) < 4.78 is 10.3. The highest BCUT2D eigenvalue weighted by Crippen LogP contribution is 2.38. The molecular formula is C17H13NO5. The molecule has 0 aromatic heterocycles. The van der Waals surface area contributed by atoms with E-state index in [0.717, 1.165) is 5.56 Å². The lowest BCUT2D eigenvalue weighted by molar-refractivity contribution is -0.385. The predicted molar refractivity (Wildman–Crippen MR) is 83.8 cm³/mol. The molecule has 0 fully saturated rings. The van der Waals surface area contributed by atoms with Gasteiger partial charge in [0.2, 0.25) is 6.79 Å². The molecule has 0 saturated heterocycles. The molecule has 3 rings (SSSR count). The molecule has 0 bridgehead atoms. The number of fused-ring (bicyclic) bond motifs is 1. The van der Waals surface area contributed by atoms with Crippen LogP contribution in [0.2, 0.25) is 0 Å². The molecular weight excluding hydrogens is 298 g/mol. The van der Waals surface area contributed by atoms with Crippen LogP contribution in [0.1, 0.15) is 21.5 Å². The van der Waals surface area contributed by atoms with E-state index < -0.39 is 4.92 Å². The molecule has 1 aliphatic heterocycles. The Hall–Kier alpha value is -3.15. The first-order valence-electron chi connectivity index (χ1n) is 6.92. The lowest BCUT2D eigenvalue weighted by Crippen LogP contribution is -1.95. The summed E-state index contributed by atoms with van der Waals surface area (Å²) in [4.78, 5) is 22.8. The smallest absolute Gasteiger partial charge is 0.280 e. The van der Waals surface area contributed by atoms with Crippen LogP contribution in [0.4, 0.5) is 5.69 Å². The van der Waals surface area contributed by atoms with E-state index in [4.69, 9.17) is 9.47 Å². The molecule has 23 heavy (non-hydrogen) atoms. The number of carbonyl (C=O) groups excluding carboxylic acids is 1. The van der Waals surface area contributed by atoms with Gasteiger partial charge in [0.05, 0.1) is 16.6 Å². The fourth-order valence-corrected chi connectivity index (χ4v) is 2.22. The molecule has 0 radical (unpaired) electrons. The van der Waals surface area contributed by atoms with Crippen molar-refractivity contribution in [2.24, 2.45) is 0 Å².